The highest BCUT2D eigenvalue weighted by Gasteiger charge is 2.42. The van der Waals surface area contributed by atoms with Crippen molar-refractivity contribution in [2.75, 3.05) is 5.73 Å². The Hall–Kier alpha value is -4.01. The number of rotatable bonds is 5. The Bertz CT molecular complexity index is 1440. The second kappa shape index (κ2) is 8.04. The normalized spacial score (nSPS) is 21.5. The number of H-pyrrole nitrogens is 1. The molecule has 4 aromatic rings. The fraction of sp³-hybridized carbons (Fsp3) is 0.346. The first-order valence-electron chi connectivity index (χ1n) is 12.0. The van der Waals surface area contributed by atoms with Gasteiger partial charge in [-0.15, -0.1) is 0 Å². The molecule has 2 unspecified atom stereocenters. The lowest BCUT2D eigenvalue weighted by molar-refractivity contribution is -0.122. The molecule has 4 aromatic heterocycles. The summed E-state index contributed by atoms with van der Waals surface area (Å²) in [7, 11) is 0. The number of pyridine rings is 1. The van der Waals surface area contributed by atoms with Crippen LogP contribution in [0.25, 0.3) is 28.2 Å². The number of anilines is 1. The van der Waals surface area contributed by atoms with Crippen molar-refractivity contribution in [3.63, 3.8) is 0 Å². The van der Waals surface area contributed by atoms with Crippen LogP contribution in [-0.4, -0.2) is 53.7 Å². The molecule has 6 heterocycles. The molecule has 2 aliphatic heterocycles. The summed E-state index contributed by atoms with van der Waals surface area (Å²) >= 11 is 0. The van der Waals surface area contributed by atoms with E-state index in [-0.39, 0.29) is 23.8 Å². The maximum atomic E-state index is 12.7. The average molecular weight is 470 g/mol. The third-order valence-corrected chi connectivity index (χ3v) is 7.65. The number of Topliss-reactive ketones (excluding diaryl/α,β-unsaturated/α-hetero) is 1. The summed E-state index contributed by atoms with van der Waals surface area (Å²) in [5.41, 5.74) is 12.9. The van der Waals surface area contributed by atoms with E-state index in [0.717, 1.165) is 65.9 Å². The number of nitrogens with two attached hydrogens (primary N) is 1. The van der Waals surface area contributed by atoms with Crippen LogP contribution in [0.3, 0.4) is 0 Å². The fourth-order valence-corrected chi connectivity index (χ4v) is 5.93. The number of ketones is 1. The van der Waals surface area contributed by atoms with E-state index in [4.69, 9.17) is 10.7 Å². The summed E-state index contributed by atoms with van der Waals surface area (Å²) < 4.78 is 1.55. The zero-order chi connectivity index (χ0) is 24.3. The van der Waals surface area contributed by atoms with E-state index in [9.17, 15) is 9.59 Å². The van der Waals surface area contributed by atoms with Gasteiger partial charge in [-0.2, -0.15) is 9.61 Å². The molecule has 2 bridgehead atoms. The Kier molecular flexibility index (Phi) is 4.94. The SMILES string of the molecule is CC(=O)c1c(C2CC3CCC(C2)N3C=O)nc2c(-c3ccc(-c4[nH]ccc4C)nc3)cnn2c1N. The van der Waals surface area contributed by atoms with Gasteiger partial charge < -0.3 is 15.6 Å². The van der Waals surface area contributed by atoms with Gasteiger partial charge in [0.15, 0.2) is 11.4 Å². The number of aromatic nitrogens is 5. The predicted octanol–water partition coefficient (Wildman–Crippen LogP) is 3.75. The number of fused-ring (bicyclic) bond motifs is 3. The molecule has 0 aliphatic carbocycles. The number of nitrogens with one attached hydrogen (secondary N) is 1. The number of aryl methyl sites for hydroxylation is 1. The van der Waals surface area contributed by atoms with Crippen LogP contribution < -0.4 is 5.73 Å². The number of hydrogen-bond acceptors (Lipinski definition) is 6. The molecule has 2 aliphatic rings. The van der Waals surface area contributed by atoms with Crippen LogP contribution in [0.4, 0.5) is 5.82 Å². The highest BCUT2D eigenvalue weighted by Crippen LogP contribution is 2.43. The maximum Gasteiger partial charge on any atom is 0.210 e. The third kappa shape index (κ3) is 3.33. The van der Waals surface area contributed by atoms with Crippen molar-refractivity contribution >= 4 is 23.7 Å². The van der Waals surface area contributed by atoms with Crippen LogP contribution in [-0.2, 0) is 4.79 Å². The molecule has 0 spiro atoms. The lowest BCUT2D eigenvalue weighted by Crippen LogP contribution is -2.41. The monoisotopic (exact) mass is 469 g/mol. The maximum absolute atomic E-state index is 12.7. The first-order chi connectivity index (χ1) is 17.0. The number of nitrogens with zero attached hydrogens (tertiary/aromatic N) is 5. The number of aromatic amines is 1. The van der Waals surface area contributed by atoms with Crippen molar-refractivity contribution in [1.29, 1.82) is 0 Å². The fourth-order valence-electron chi connectivity index (χ4n) is 5.93. The van der Waals surface area contributed by atoms with E-state index < -0.39 is 0 Å². The van der Waals surface area contributed by atoms with Crippen molar-refractivity contribution in [1.82, 2.24) is 29.5 Å². The van der Waals surface area contributed by atoms with Gasteiger partial charge in [-0.3, -0.25) is 14.6 Å². The van der Waals surface area contributed by atoms with Gasteiger partial charge in [0.05, 0.1) is 28.8 Å². The van der Waals surface area contributed by atoms with Gasteiger partial charge in [0.25, 0.3) is 0 Å². The van der Waals surface area contributed by atoms with Crippen LogP contribution in [0.1, 0.15) is 60.1 Å². The molecule has 0 saturated carbocycles. The molecule has 35 heavy (non-hydrogen) atoms. The number of carbonyl (C=O) groups excluding carboxylic acids is 2. The molecule has 9 nitrogen and oxygen atoms in total. The Morgan fingerprint density at radius 3 is 2.54 bits per heavy atom. The largest absolute Gasteiger partial charge is 0.383 e. The second-order valence-electron chi connectivity index (χ2n) is 9.68. The molecule has 2 saturated heterocycles. The zero-order valence-electron chi connectivity index (χ0n) is 19.7. The first kappa shape index (κ1) is 21.5. The molecule has 2 fully saturated rings. The van der Waals surface area contributed by atoms with Crippen molar-refractivity contribution < 1.29 is 9.59 Å². The summed E-state index contributed by atoms with van der Waals surface area (Å²) in [5.74, 6) is 0.246. The summed E-state index contributed by atoms with van der Waals surface area (Å²) in [6, 6.07) is 6.36. The Morgan fingerprint density at radius 1 is 1.17 bits per heavy atom. The average Bonchev–Trinajstić information content (AvgIpc) is 3.54. The van der Waals surface area contributed by atoms with Crippen LogP contribution in [0, 0.1) is 6.92 Å². The highest BCUT2D eigenvalue weighted by molar-refractivity contribution is 6.00. The predicted molar refractivity (Wildman–Crippen MR) is 132 cm³/mol. The van der Waals surface area contributed by atoms with E-state index in [1.165, 1.54) is 6.92 Å². The molecule has 2 atom stereocenters. The zero-order valence-corrected chi connectivity index (χ0v) is 19.7. The van der Waals surface area contributed by atoms with Gasteiger partial charge in [-0.1, -0.05) is 6.07 Å². The van der Waals surface area contributed by atoms with E-state index in [1.54, 1.807) is 10.7 Å². The van der Waals surface area contributed by atoms with E-state index >= 15 is 0 Å². The van der Waals surface area contributed by atoms with E-state index in [0.29, 0.717) is 17.0 Å². The van der Waals surface area contributed by atoms with Crippen LogP contribution >= 0.6 is 0 Å². The lowest BCUT2D eigenvalue weighted by Gasteiger charge is -2.36. The first-order valence-corrected chi connectivity index (χ1v) is 12.0. The summed E-state index contributed by atoms with van der Waals surface area (Å²) in [6.45, 7) is 3.56. The number of hydrogen-bond donors (Lipinski definition) is 2. The lowest BCUT2D eigenvalue weighted by atomic mass is 9.85. The minimum Gasteiger partial charge on any atom is -0.383 e. The van der Waals surface area contributed by atoms with Gasteiger partial charge >= 0.3 is 0 Å². The van der Waals surface area contributed by atoms with Crippen molar-refractivity contribution in [3.8, 4) is 22.5 Å². The quantitative estimate of drug-likeness (QED) is 0.339. The van der Waals surface area contributed by atoms with Crippen LogP contribution in [0.15, 0.2) is 36.8 Å². The number of carbonyl (C=O) groups is 2. The topological polar surface area (TPSA) is 122 Å². The third-order valence-electron chi connectivity index (χ3n) is 7.65. The summed E-state index contributed by atoms with van der Waals surface area (Å²) in [5, 5.41) is 4.47. The molecule has 0 radical (unpaired) electrons. The molecule has 6 rings (SSSR count). The van der Waals surface area contributed by atoms with Crippen molar-refractivity contribution in [2.45, 2.75) is 57.5 Å². The molecule has 178 valence electrons. The van der Waals surface area contributed by atoms with E-state index in [2.05, 4.69) is 15.1 Å². The number of nitrogen functional groups attached to an aromatic ring is 1. The molecule has 9 heteroatoms. The van der Waals surface area contributed by atoms with E-state index in [1.807, 2.05) is 42.4 Å². The molecule has 0 aromatic carbocycles. The molecular weight excluding hydrogens is 442 g/mol. The number of piperidine rings is 1. The molecule has 1 amide bonds. The van der Waals surface area contributed by atoms with Gasteiger partial charge in [-0.05, 0) is 57.2 Å². The second-order valence-corrected chi connectivity index (χ2v) is 9.68. The minimum absolute atomic E-state index is 0.0639. The molecule has 3 N–H and O–H groups in total. The Balaban J connectivity index is 1.44. The number of amides is 1. The minimum atomic E-state index is -0.124. The Labute approximate surface area is 202 Å². The summed E-state index contributed by atoms with van der Waals surface area (Å²) in [6.07, 6.45) is 9.95. The Morgan fingerprint density at radius 2 is 1.94 bits per heavy atom. The van der Waals surface area contributed by atoms with Gasteiger partial charge in [0.1, 0.15) is 5.82 Å². The molecular formula is C26H27N7O2. The van der Waals surface area contributed by atoms with Crippen molar-refractivity contribution in [2.24, 2.45) is 0 Å². The highest BCUT2D eigenvalue weighted by atomic mass is 16.1. The van der Waals surface area contributed by atoms with Gasteiger partial charge in [0.2, 0.25) is 6.41 Å². The van der Waals surface area contributed by atoms with Crippen molar-refractivity contribution in [3.05, 3.63) is 53.6 Å². The van der Waals surface area contributed by atoms with Crippen LogP contribution in [0.5, 0.6) is 0 Å². The standard InChI is InChI=1S/C26H27N7O2/c1-14-7-8-28-23(14)21-6-3-16(11-29-21)20-12-30-33-25(27)22(15(2)35)24(31-26(20)33)17-9-18-4-5-19(10-17)32(18)13-34/h3,6-8,11-13,17-19,28H,4-5,9-10,27H2,1-2H3. The smallest absolute Gasteiger partial charge is 0.210 e. The van der Waals surface area contributed by atoms with Gasteiger partial charge in [-0.25, -0.2) is 4.98 Å². The van der Waals surface area contributed by atoms with Crippen LogP contribution in [0.2, 0.25) is 0 Å². The summed E-state index contributed by atoms with van der Waals surface area (Å²) in [4.78, 5) is 39.1. The van der Waals surface area contributed by atoms with Gasteiger partial charge in [0, 0.05) is 41.5 Å².